The fraction of sp³-hybridized carbons (Fsp3) is 0.154. The zero-order valence-corrected chi connectivity index (χ0v) is 9.32. The van der Waals surface area contributed by atoms with Crippen molar-refractivity contribution in [3.8, 4) is 17.0 Å². The second-order valence-electron chi connectivity index (χ2n) is 3.86. The highest BCUT2D eigenvalue weighted by molar-refractivity contribution is 5.90. The van der Waals surface area contributed by atoms with E-state index in [2.05, 4.69) is 4.98 Å². The molecule has 2 aromatic rings. The Hall–Kier alpha value is -2.23. The Morgan fingerprint density at radius 3 is 3.06 bits per heavy atom. The van der Waals surface area contributed by atoms with Gasteiger partial charge in [-0.3, -0.25) is 0 Å². The van der Waals surface area contributed by atoms with Crippen molar-refractivity contribution in [2.75, 3.05) is 7.11 Å². The largest absolute Gasteiger partial charge is 0.488 e. The zero-order chi connectivity index (χ0) is 11.8. The van der Waals surface area contributed by atoms with Gasteiger partial charge in [-0.2, -0.15) is 0 Å². The van der Waals surface area contributed by atoms with E-state index < -0.39 is 0 Å². The van der Waals surface area contributed by atoms with E-state index in [1.165, 1.54) is 7.11 Å². The van der Waals surface area contributed by atoms with Gasteiger partial charge < -0.3 is 14.5 Å². The first-order valence-electron chi connectivity index (χ1n) is 5.32. The minimum atomic E-state index is -0.364. The molecule has 0 spiro atoms. The van der Waals surface area contributed by atoms with Crippen LogP contribution in [0.25, 0.3) is 11.3 Å². The van der Waals surface area contributed by atoms with Crippen LogP contribution < -0.4 is 4.74 Å². The summed E-state index contributed by atoms with van der Waals surface area (Å²) in [5.74, 6) is 0.468. The van der Waals surface area contributed by atoms with E-state index >= 15 is 0 Å². The molecule has 1 aliphatic rings. The van der Waals surface area contributed by atoms with Crippen LogP contribution >= 0.6 is 0 Å². The lowest BCUT2D eigenvalue weighted by Crippen LogP contribution is -2.03. The van der Waals surface area contributed by atoms with Crippen molar-refractivity contribution in [2.24, 2.45) is 0 Å². The molecule has 2 heterocycles. The smallest absolute Gasteiger partial charge is 0.354 e. The van der Waals surface area contributed by atoms with Gasteiger partial charge in [0.25, 0.3) is 0 Å². The van der Waals surface area contributed by atoms with Gasteiger partial charge >= 0.3 is 5.97 Å². The van der Waals surface area contributed by atoms with Crippen molar-refractivity contribution >= 4 is 5.97 Å². The van der Waals surface area contributed by atoms with Crippen molar-refractivity contribution in [3.05, 3.63) is 41.6 Å². The number of H-pyrrole nitrogens is 1. The maximum atomic E-state index is 11.4. The van der Waals surface area contributed by atoms with Crippen LogP contribution in [0.1, 0.15) is 16.1 Å². The summed E-state index contributed by atoms with van der Waals surface area (Å²) in [6.45, 7) is 0.472. The van der Waals surface area contributed by atoms with Crippen molar-refractivity contribution in [1.29, 1.82) is 0 Å². The average molecular weight is 229 g/mol. The third-order valence-electron chi connectivity index (χ3n) is 2.84. The number of rotatable bonds is 1. The molecular weight excluding hydrogens is 218 g/mol. The maximum Gasteiger partial charge on any atom is 0.354 e. The molecule has 0 bridgehead atoms. The summed E-state index contributed by atoms with van der Waals surface area (Å²) in [7, 11) is 1.37. The molecule has 17 heavy (non-hydrogen) atoms. The molecule has 1 aliphatic heterocycles. The second-order valence-corrected chi connectivity index (χ2v) is 3.86. The number of carbonyl (C=O) groups excluding carboxylic acids is 1. The van der Waals surface area contributed by atoms with Crippen molar-refractivity contribution in [3.63, 3.8) is 0 Å². The van der Waals surface area contributed by atoms with Gasteiger partial charge in [-0.15, -0.1) is 0 Å². The molecule has 1 N–H and O–H groups in total. The zero-order valence-electron chi connectivity index (χ0n) is 9.32. The normalized spacial score (nSPS) is 12.3. The number of benzene rings is 1. The molecule has 1 aromatic heterocycles. The van der Waals surface area contributed by atoms with Gasteiger partial charge in [0.1, 0.15) is 18.1 Å². The van der Waals surface area contributed by atoms with Crippen LogP contribution in [0.2, 0.25) is 0 Å². The molecule has 0 saturated heterocycles. The number of aromatic nitrogens is 1. The first-order valence-corrected chi connectivity index (χ1v) is 5.32. The third kappa shape index (κ3) is 1.49. The minimum Gasteiger partial charge on any atom is -0.488 e. The number of carbonyl (C=O) groups is 1. The first-order chi connectivity index (χ1) is 8.29. The maximum absolute atomic E-state index is 11.4. The predicted octanol–water partition coefficient (Wildman–Crippen LogP) is 2.36. The predicted molar refractivity (Wildman–Crippen MR) is 61.9 cm³/mol. The molecule has 4 heteroatoms. The molecule has 0 atom stereocenters. The average Bonchev–Trinajstić information content (AvgIpc) is 2.82. The van der Waals surface area contributed by atoms with Gasteiger partial charge in [0.2, 0.25) is 0 Å². The lowest BCUT2D eigenvalue weighted by Gasteiger charge is -2.16. The molecule has 0 unspecified atom stereocenters. The van der Waals surface area contributed by atoms with E-state index in [4.69, 9.17) is 9.47 Å². The number of aromatic amines is 1. The number of para-hydroxylation sites is 1. The second kappa shape index (κ2) is 3.66. The topological polar surface area (TPSA) is 51.3 Å². The van der Waals surface area contributed by atoms with Gasteiger partial charge in [-0.25, -0.2) is 4.79 Å². The fourth-order valence-corrected chi connectivity index (χ4v) is 2.03. The van der Waals surface area contributed by atoms with Crippen molar-refractivity contribution in [2.45, 2.75) is 6.61 Å². The summed E-state index contributed by atoms with van der Waals surface area (Å²) in [4.78, 5) is 14.5. The van der Waals surface area contributed by atoms with Crippen LogP contribution in [0.4, 0.5) is 0 Å². The summed E-state index contributed by atoms with van der Waals surface area (Å²) in [5.41, 5.74) is 3.35. The van der Waals surface area contributed by atoms with Crippen LogP contribution in [0.5, 0.6) is 5.75 Å². The number of hydrogen-bond acceptors (Lipinski definition) is 3. The summed E-state index contributed by atoms with van der Waals surface area (Å²) >= 11 is 0. The van der Waals surface area contributed by atoms with Crippen LogP contribution in [0.3, 0.4) is 0 Å². The quantitative estimate of drug-likeness (QED) is 0.764. The number of hydrogen-bond donors (Lipinski definition) is 1. The van der Waals surface area contributed by atoms with E-state index in [-0.39, 0.29) is 5.97 Å². The molecule has 0 radical (unpaired) electrons. The number of ether oxygens (including phenoxy) is 2. The Morgan fingerprint density at radius 1 is 1.41 bits per heavy atom. The van der Waals surface area contributed by atoms with Crippen LogP contribution in [0, 0.1) is 0 Å². The van der Waals surface area contributed by atoms with Crippen LogP contribution in [-0.2, 0) is 11.3 Å². The van der Waals surface area contributed by atoms with Crippen LogP contribution in [-0.4, -0.2) is 18.1 Å². The van der Waals surface area contributed by atoms with Gasteiger partial charge in [0.05, 0.1) is 12.8 Å². The Morgan fingerprint density at radius 2 is 2.24 bits per heavy atom. The summed E-state index contributed by atoms with van der Waals surface area (Å²) in [5, 5.41) is 0. The number of esters is 1. The molecule has 0 saturated carbocycles. The molecule has 0 aliphatic carbocycles. The lowest BCUT2D eigenvalue weighted by molar-refractivity contribution is 0.0595. The van der Waals surface area contributed by atoms with E-state index in [1.807, 2.05) is 24.3 Å². The van der Waals surface area contributed by atoms with E-state index in [1.54, 1.807) is 6.07 Å². The summed E-state index contributed by atoms with van der Waals surface area (Å²) in [6, 6.07) is 9.52. The SMILES string of the molecule is COC(=O)c1cc2c([nH]1)-c1ccccc1OC2. The van der Waals surface area contributed by atoms with E-state index in [0.29, 0.717) is 12.3 Å². The van der Waals surface area contributed by atoms with Crippen molar-refractivity contribution < 1.29 is 14.3 Å². The van der Waals surface area contributed by atoms with Gasteiger partial charge in [-0.05, 0) is 18.2 Å². The Balaban J connectivity index is 2.13. The molecule has 0 fully saturated rings. The highest BCUT2D eigenvalue weighted by Gasteiger charge is 2.21. The van der Waals surface area contributed by atoms with Crippen LogP contribution in [0.15, 0.2) is 30.3 Å². The number of methoxy groups -OCH3 is 1. The first kappa shape index (κ1) is 9.96. The molecular formula is C13H11NO3. The summed E-state index contributed by atoms with van der Waals surface area (Å²) < 4.78 is 10.3. The Kier molecular flexibility index (Phi) is 2.14. The highest BCUT2D eigenvalue weighted by atomic mass is 16.5. The molecule has 86 valence electrons. The van der Waals surface area contributed by atoms with Gasteiger partial charge in [-0.1, -0.05) is 12.1 Å². The molecule has 1 aromatic carbocycles. The third-order valence-corrected chi connectivity index (χ3v) is 2.84. The lowest BCUT2D eigenvalue weighted by atomic mass is 10.1. The summed E-state index contributed by atoms with van der Waals surface area (Å²) in [6.07, 6.45) is 0. The number of fused-ring (bicyclic) bond motifs is 3. The van der Waals surface area contributed by atoms with E-state index in [9.17, 15) is 4.79 Å². The van der Waals surface area contributed by atoms with E-state index in [0.717, 1.165) is 22.6 Å². The highest BCUT2D eigenvalue weighted by Crippen LogP contribution is 2.36. The minimum absolute atomic E-state index is 0.364. The monoisotopic (exact) mass is 229 g/mol. The molecule has 0 amide bonds. The Labute approximate surface area is 98.2 Å². The fourth-order valence-electron chi connectivity index (χ4n) is 2.03. The number of nitrogens with one attached hydrogen (secondary N) is 1. The van der Waals surface area contributed by atoms with Gasteiger partial charge in [0, 0.05) is 11.1 Å². The van der Waals surface area contributed by atoms with Gasteiger partial charge in [0.15, 0.2) is 0 Å². The Bertz CT molecular complexity index is 586. The molecule has 4 nitrogen and oxygen atoms in total. The standard InChI is InChI=1S/C13H11NO3/c1-16-13(15)10-6-8-7-17-11-5-3-2-4-9(11)12(8)14-10/h2-6,14H,7H2,1H3. The molecule has 3 rings (SSSR count). The van der Waals surface area contributed by atoms with Crippen molar-refractivity contribution in [1.82, 2.24) is 4.98 Å².